The van der Waals surface area contributed by atoms with Crippen molar-refractivity contribution < 1.29 is 9.53 Å². The molecule has 0 unspecified atom stereocenters. The molecule has 1 fully saturated rings. The van der Waals surface area contributed by atoms with Gasteiger partial charge in [0, 0.05) is 60.8 Å². The number of H-pyrrole nitrogens is 1. The normalized spacial score (nSPS) is 14.1. The molecule has 0 radical (unpaired) electrons. The van der Waals surface area contributed by atoms with Crippen LogP contribution < -0.4 is 4.90 Å². The fourth-order valence-electron chi connectivity index (χ4n) is 4.34. The number of para-hydroxylation sites is 1. The third kappa shape index (κ3) is 4.86. The summed E-state index contributed by atoms with van der Waals surface area (Å²) >= 11 is 0. The molecule has 4 aromatic rings. The van der Waals surface area contributed by atoms with Crippen molar-refractivity contribution in [3.8, 4) is 28.6 Å². The lowest BCUT2D eigenvalue weighted by molar-refractivity contribution is 0.0240. The second kappa shape index (κ2) is 9.34. The molecule has 1 amide bonds. The van der Waals surface area contributed by atoms with Gasteiger partial charge in [-0.15, -0.1) is 0 Å². The lowest BCUT2D eigenvalue weighted by Crippen LogP contribution is -2.50. The highest BCUT2D eigenvalue weighted by Crippen LogP contribution is 2.30. The number of aromatic nitrogens is 3. The van der Waals surface area contributed by atoms with Crippen LogP contribution in [0.4, 0.5) is 10.6 Å². The van der Waals surface area contributed by atoms with Crippen LogP contribution in [0.3, 0.4) is 0 Å². The van der Waals surface area contributed by atoms with Gasteiger partial charge in [0.15, 0.2) is 0 Å². The van der Waals surface area contributed by atoms with Crippen LogP contribution in [0.5, 0.6) is 0 Å². The highest BCUT2D eigenvalue weighted by molar-refractivity contribution is 5.83. The summed E-state index contributed by atoms with van der Waals surface area (Å²) < 4.78 is 5.49. The summed E-state index contributed by atoms with van der Waals surface area (Å²) in [7, 11) is 0. The minimum Gasteiger partial charge on any atom is -0.444 e. The molecule has 5 rings (SSSR count). The van der Waals surface area contributed by atoms with Crippen molar-refractivity contribution in [3.05, 3.63) is 66.5 Å². The number of hydrogen-bond acceptors (Lipinski definition) is 6. The standard InChI is InChI=1S/C28H28N6O2/c1-28(2,3)36-27(35)34-12-10-33(11-13-34)26-21(17-29)16-25(32-26)20-8-9-30-24(15-20)22-14-19-6-4-5-7-23(19)31-18-22/h4-9,14-16,18,32H,10-13H2,1-3H3. The SMILES string of the molecule is CC(C)(C)OC(=O)N1CCN(c2[nH]c(-c3ccnc(-c4cnc5ccccc5c4)c3)cc2C#N)CC1. The molecule has 8 nitrogen and oxygen atoms in total. The van der Waals surface area contributed by atoms with Gasteiger partial charge in [-0.3, -0.25) is 9.97 Å². The summed E-state index contributed by atoms with van der Waals surface area (Å²) in [5.41, 5.74) is 4.51. The van der Waals surface area contributed by atoms with Crippen molar-refractivity contribution in [1.29, 1.82) is 5.26 Å². The Kier molecular flexibility index (Phi) is 6.06. The monoisotopic (exact) mass is 480 g/mol. The summed E-state index contributed by atoms with van der Waals surface area (Å²) in [4.78, 5) is 28.8. The number of carbonyl (C=O) groups is 1. The molecule has 3 aromatic heterocycles. The van der Waals surface area contributed by atoms with E-state index in [2.05, 4.69) is 32.0 Å². The molecule has 0 bridgehead atoms. The Labute approximate surface area is 210 Å². The van der Waals surface area contributed by atoms with Gasteiger partial charge >= 0.3 is 6.09 Å². The molecule has 182 valence electrons. The molecule has 0 saturated carbocycles. The fourth-order valence-corrected chi connectivity index (χ4v) is 4.34. The Morgan fingerprint density at radius 3 is 2.56 bits per heavy atom. The zero-order valence-electron chi connectivity index (χ0n) is 20.7. The topological polar surface area (TPSA) is 98.1 Å². The second-order valence-electron chi connectivity index (χ2n) is 9.86. The number of aromatic amines is 1. The number of carbonyl (C=O) groups excluding carboxylic acids is 1. The smallest absolute Gasteiger partial charge is 0.410 e. The highest BCUT2D eigenvalue weighted by atomic mass is 16.6. The number of fused-ring (bicyclic) bond motifs is 1. The summed E-state index contributed by atoms with van der Waals surface area (Å²) in [6.45, 7) is 7.87. The van der Waals surface area contributed by atoms with Crippen molar-refractivity contribution in [3.63, 3.8) is 0 Å². The van der Waals surface area contributed by atoms with E-state index < -0.39 is 5.60 Å². The number of pyridine rings is 2. The van der Waals surface area contributed by atoms with E-state index in [1.165, 1.54) is 0 Å². The molecule has 0 spiro atoms. The quantitative estimate of drug-likeness (QED) is 0.432. The number of piperazine rings is 1. The fraction of sp³-hybridized carbons (Fsp3) is 0.286. The number of benzene rings is 1. The van der Waals surface area contributed by atoms with Gasteiger partial charge in [-0.25, -0.2) is 4.79 Å². The molecule has 1 N–H and O–H groups in total. The summed E-state index contributed by atoms with van der Waals surface area (Å²) in [5.74, 6) is 0.766. The van der Waals surface area contributed by atoms with Gasteiger partial charge in [-0.2, -0.15) is 5.26 Å². The van der Waals surface area contributed by atoms with E-state index in [-0.39, 0.29) is 6.09 Å². The molecule has 0 atom stereocenters. The molecule has 1 saturated heterocycles. The van der Waals surface area contributed by atoms with E-state index in [1.807, 2.05) is 69.4 Å². The highest BCUT2D eigenvalue weighted by Gasteiger charge is 2.27. The number of nitrogens with zero attached hydrogens (tertiary/aromatic N) is 5. The Morgan fingerprint density at radius 2 is 1.81 bits per heavy atom. The molecule has 8 heteroatoms. The van der Waals surface area contributed by atoms with Crippen molar-refractivity contribution in [2.45, 2.75) is 26.4 Å². The van der Waals surface area contributed by atoms with Crippen LogP contribution in [-0.4, -0.2) is 57.7 Å². The van der Waals surface area contributed by atoms with Crippen LogP contribution in [0.25, 0.3) is 33.4 Å². The molecule has 1 aliphatic rings. The second-order valence-corrected chi connectivity index (χ2v) is 9.86. The van der Waals surface area contributed by atoms with Crippen molar-refractivity contribution in [2.24, 2.45) is 0 Å². The van der Waals surface area contributed by atoms with Crippen molar-refractivity contribution in [1.82, 2.24) is 19.9 Å². The molecule has 4 heterocycles. The van der Waals surface area contributed by atoms with Crippen LogP contribution in [0.1, 0.15) is 26.3 Å². The van der Waals surface area contributed by atoms with Gasteiger partial charge in [0.25, 0.3) is 0 Å². The maximum atomic E-state index is 12.4. The Morgan fingerprint density at radius 1 is 1.03 bits per heavy atom. The third-order valence-corrected chi connectivity index (χ3v) is 6.12. The summed E-state index contributed by atoms with van der Waals surface area (Å²) in [6, 6.07) is 18.2. The number of amides is 1. The lowest BCUT2D eigenvalue weighted by Gasteiger charge is -2.36. The average molecular weight is 481 g/mol. The van der Waals surface area contributed by atoms with Gasteiger partial charge in [-0.05, 0) is 51.1 Å². The first-order valence-electron chi connectivity index (χ1n) is 12.0. The predicted molar refractivity (Wildman–Crippen MR) is 139 cm³/mol. The molecule has 1 aliphatic heterocycles. The average Bonchev–Trinajstić information content (AvgIpc) is 3.32. The molecule has 36 heavy (non-hydrogen) atoms. The molecular weight excluding hydrogens is 452 g/mol. The van der Waals surface area contributed by atoms with E-state index in [4.69, 9.17) is 4.74 Å². The Bertz CT molecular complexity index is 1450. The largest absolute Gasteiger partial charge is 0.444 e. The van der Waals surface area contributed by atoms with Gasteiger partial charge in [0.1, 0.15) is 17.5 Å². The summed E-state index contributed by atoms with van der Waals surface area (Å²) in [5, 5.41) is 10.9. The minimum atomic E-state index is -0.525. The molecule has 1 aromatic carbocycles. The third-order valence-electron chi connectivity index (χ3n) is 6.12. The first kappa shape index (κ1) is 23.4. The van der Waals surface area contributed by atoms with Crippen LogP contribution >= 0.6 is 0 Å². The van der Waals surface area contributed by atoms with Crippen molar-refractivity contribution >= 4 is 22.8 Å². The zero-order chi connectivity index (χ0) is 25.3. The number of hydrogen-bond donors (Lipinski definition) is 1. The predicted octanol–water partition coefficient (Wildman–Crippen LogP) is 5.22. The van der Waals surface area contributed by atoms with Crippen LogP contribution in [0, 0.1) is 11.3 Å². The van der Waals surface area contributed by atoms with E-state index in [1.54, 1.807) is 11.1 Å². The van der Waals surface area contributed by atoms with Gasteiger partial charge in [0.05, 0.1) is 16.8 Å². The minimum absolute atomic E-state index is 0.303. The number of rotatable bonds is 3. The van der Waals surface area contributed by atoms with Gasteiger partial charge in [-0.1, -0.05) is 18.2 Å². The Hall–Kier alpha value is -4.38. The van der Waals surface area contributed by atoms with E-state index in [9.17, 15) is 10.1 Å². The first-order chi connectivity index (χ1) is 17.3. The molecular formula is C28H28N6O2. The van der Waals surface area contributed by atoms with E-state index >= 15 is 0 Å². The van der Waals surface area contributed by atoms with Crippen LogP contribution in [-0.2, 0) is 4.74 Å². The molecule has 0 aliphatic carbocycles. The number of anilines is 1. The number of nitriles is 1. The maximum absolute atomic E-state index is 12.4. The van der Waals surface area contributed by atoms with Crippen LogP contribution in [0.2, 0.25) is 0 Å². The summed E-state index contributed by atoms with van der Waals surface area (Å²) in [6.07, 6.45) is 3.30. The Balaban J connectivity index is 1.36. The number of nitrogens with one attached hydrogen (secondary N) is 1. The zero-order valence-corrected chi connectivity index (χ0v) is 20.7. The van der Waals surface area contributed by atoms with Crippen LogP contribution in [0.15, 0.2) is 60.9 Å². The van der Waals surface area contributed by atoms with Gasteiger partial charge in [0.2, 0.25) is 0 Å². The number of ether oxygens (including phenoxy) is 1. The maximum Gasteiger partial charge on any atom is 0.410 e. The van der Waals surface area contributed by atoms with E-state index in [0.29, 0.717) is 31.7 Å². The van der Waals surface area contributed by atoms with E-state index in [0.717, 1.165) is 39.2 Å². The van der Waals surface area contributed by atoms with Crippen molar-refractivity contribution in [2.75, 3.05) is 31.1 Å². The van der Waals surface area contributed by atoms with Gasteiger partial charge < -0.3 is 19.5 Å². The lowest BCUT2D eigenvalue weighted by atomic mass is 10.1. The first-order valence-corrected chi connectivity index (χ1v) is 12.0.